The molecule has 0 spiro atoms. The second kappa shape index (κ2) is 9.31. The molecular weight excluding hydrogens is 372 g/mol. The smallest absolute Gasteiger partial charge is 0.219 e. The number of nitrogens with one attached hydrogen (secondary N) is 1. The topological polar surface area (TPSA) is 41.6 Å². The van der Waals surface area contributed by atoms with Crippen molar-refractivity contribution in [1.29, 1.82) is 0 Å². The van der Waals surface area contributed by atoms with E-state index in [0.29, 0.717) is 19.0 Å². The summed E-state index contributed by atoms with van der Waals surface area (Å²) in [4.78, 5) is 14.3. The number of hydrogen-bond acceptors (Lipinski definition) is 3. The Morgan fingerprint density at radius 2 is 1.87 bits per heavy atom. The predicted molar refractivity (Wildman–Crippen MR) is 122 cm³/mol. The van der Waals surface area contributed by atoms with Gasteiger partial charge in [0, 0.05) is 30.3 Å². The number of carbonyl (C=O) groups excluding carboxylic acids is 1. The van der Waals surface area contributed by atoms with Crippen LogP contribution in [0.15, 0.2) is 66.7 Å². The average molecular weight is 403 g/mol. The maximum absolute atomic E-state index is 11.9. The Labute approximate surface area is 178 Å². The molecule has 1 aliphatic rings. The third-order valence-corrected chi connectivity index (χ3v) is 6.17. The molecule has 1 N–H and O–H groups in total. The van der Waals surface area contributed by atoms with E-state index in [2.05, 4.69) is 47.6 Å². The molecule has 3 aromatic rings. The summed E-state index contributed by atoms with van der Waals surface area (Å²) in [6.07, 6.45) is 2.89. The highest BCUT2D eigenvalue weighted by atomic mass is 16.5. The lowest BCUT2D eigenvalue weighted by molar-refractivity contribution is -0.120. The van der Waals surface area contributed by atoms with E-state index in [-0.39, 0.29) is 11.8 Å². The van der Waals surface area contributed by atoms with Crippen molar-refractivity contribution in [3.8, 4) is 11.5 Å². The van der Waals surface area contributed by atoms with Gasteiger partial charge in [0.2, 0.25) is 5.91 Å². The minimum atomic E-state index is 0.108. The first-order valence-electron chi connectivity index (χ1n) is 10.9. The minimum Gasteiger partial charge on any atom is -0.457 e. The van der Waals surface area contributed by atoms with Gasteiger partial charge in [-0.05, 0) is 55.6 Å². The second-order valence-electron chi connectivity index (χ2n) is 8.10. The third kappa shape index (κ3) is 4.49. The molecule has 0 bridgehead atoms. The number of nitrogens with zero attached hydrogens (tertiary/aromatic N) is 1. The van der Waals surface area contributed by atoms with Crippen LogP contribution in [0.3, 0.4) is 0 Å². The van der Waals surface area contributed by atoms with Gasteiger partial charge >= 0.3 is 0 Å². The van der Waals surface area contributed by atoms with Gasteiger partial charge < -0.3 is 15.0 Å². The first kappa shape index (κ1) is 20.4. The van der Waals surface area contributed by atoms with Crippen molar-refractivity contribution in [3.05, 3.63) is 72.3 Å². The number of ether oxygens (including phenoxy) is 1. The number of amides is 1. The van der Waals surface area contributed by atoms with Gasteiger partial charge in [0.15, 0.2) is 0 Å². The fraction of sp³-hybridized carbons (Fsp3) is 0.346. The van der Waals surface area contributed by atoms with Gasteiger partial charge in [-0.15, -0.1) is 0 Å². The number of likely N-dealkylation sites (N-methyl/N-ethyl adjacent to an activating group) is 1. The number of likely N-dealkylation sites (tertiary alicyclic amines) is 1. The summed E-state index contributed by atoms with van der Waals surface area (Å²) in [7, 11) is 2.18. The molecule has 3 aromatic carbocycles. The maximum Gasteiger partial charge on any atom is 0.219 e. The summed E-state index contributed by atoms with van der Waals surface area (Å²) < 4.78 is 6.21. The van der Waals surface area contributed by atoms with Crippen LogP contribution in [0.25, 0.3) is 10.8 Å². The molecule has 1 aliphatic heterocycles. The lowest BCUT2D eigenvalue weighted by Gasteiger charge is -2.30. The van der Waals surface area contributed by atoms with Gasteiger partial charge in [-0.2, -0.15) is 0 Å². The van der Waals surface area contributed by atoms with Crippen molar-refractivity contribution in [2.24, 2.45) is 0 Å². The monoisotopic (exact) mass is 402 g/mol. The highest BCUT2D eigenvalue weighted by Gasteiger charge is 2.30. The van der Waals surface area contributed by atoms with E-state index in [0.717, 1.165) is 29.9 Å². The van der Waals surface area contributed by atoms with Crippen LogP contribution >= 0.6 is 0 Å². The van der Waals surface area contributed by atoms with E-state index in [1.807, 2.05) is 43.3 Å². The second-order valence-corrected chi connectivity index (χ2v) is 8.10. The summed E-state index contributed by atoms with van der Waals surface area (Å²) >= 11 is 0. The van der Waals surface area contributed by atoms with Gasteiger partial charge in [0.05, 0.1) is 0 Å². The fourth-order valence-corrected chi connectivity index (χ4v) is 4.46. The summed E-state index contributed by atoms with van der Waals surface area (Å²) in [5, 5.41) is 5.38. The quantitative estimate of drug-likeness (QED) is 0.580. The van der Waals surface area contributed by atoms with Gasteiger partial charge in [0.1, 0.15) is 11.5 Å². The van der Waals surface area contributed by atoms with Crippen LogP contribution in [-0.4, -0.2) is 37.0 Å². The molecule has 4 nitrogen and oxygen atoms in total. The normalized spacial score (nSPS) is 17.7. The molecule has 0 radical (unpaired) electrons. The Balaban J connectivity index is 1.54. The molecule has 1 fully saturated rings. The van der Waals surface area contributed by atoms with Gasteiger partial charge in [-0.25, -0.2) is 0 Å². The minimum absolute atomic E-state index is 0.108. The van der Waals surface area contributed by atoms with Crippen LogP contribution in [0.2, 0.25) is 0 Å². The van der Waals surface area contributed by atoms with Crippen molar-refractivity contribution >= 4 is 16.7 Å². The van der Waals surface area contributed by atoms with Crippen LogP contribution < -0.4 is 10.1 Å². The van der Waals surface area contributed by atoms with E-state index in [9.17, 15) is 4.79 Å². The molecule has 0 aromatic heterocycles. The van der Waals surface area contributed by atoms with E-state index in [4.69, 9.17) is 4.74 Å². The Hall–Kier alpha value is -2.85. The summed E-state index contributed by atoms with van der Waals surface area (Å²) in [5.41, 5.74) is 1.25. The Kier molecular flexibility index (Phi) is 6.34. The highest BCUT2D eigenvalue weighted by molar-refractivity contribution is 5.88. The molecular formula is C26H30N2O2. The molecule has 0 aliphatic carbocycles. The number of carbonyl (C=O) groups is 1. The van der Waals surface area contributed by atoms with Crippen molar-refractivity contribution in [2.45, 2.75) is 38.1 Å². The lowest BCUT2D eigenvalue weighted by atomic mass is 9.89. The fourth-order valence-electron chi connectivity index (χ4n) is 4.46. The van der Waals surface area contributed by atoms with E-state index < -0.39 is 0 Å². The van der Waals surface area contributed by atoms with Gasteiger partial charge in [-0.3, -0.25) is 4.79 Å². The van der Waals surface area contributed by atoms with Crippen LogP contribution in [0.4, 0.5) is 0 Å². The Bertz CT molecular complexity index is 994. The standard InChI is InChI=1S/C26H30N2O2/c1-3-26(29)27-18-23(24-11-7-17-28(24)2)20-13-15-21(16-14-20)30-25-12-6-9-19-8-4-5-10-22(19)25/h4-6,8-10,12-16,23-24H,3,7,11,17-18H2,1-2H3,(H,27,29). The molecule has 1 saturated heterocycles. The Morgan fingerprint density at radius 3 is 2.60 bits per heavy atom. The van der Waals surface area contributed by atoms with Gasteiger partial charge in [0.25, 0.3) is 0 Å². The SMILES string of the molecule is CCC(=O)NCC(c1ccc(Oc2cccc3ccccc23)cc1)C1CCCN1C. The van der Waals surface area contributed by atoms with E-state index in [1.165, 1.54) is 17.4 Å². The molecule has 4 rings (SSSR count). The molecule has 156 valence electrons. The van der Waals surface area contributed by atoms with Crippen molar-refractivity contribution in [1.82, 2.24) is 10.2 Å². The first-order valence-corrected chi connectivity index (χ1v) is 10.9. The highest BCUT2D eigenvalue weighted by Crippen LogP contribution is 2.33. The van der Waals surface area contributed by atoms with Crippen LogP contribution in [0.5, 0.6) is 11.5 Å². The summed E-state index contributed by atoms with van der Waals surface area (Å²) in [6.45, 7) is 3.68. The zero-order chi connectivity index (χ0) is 20.9. The molecule has 2 unspecified atom stereocenters. The molecule has 2 atom stereocenters. The van der Waals surface area contributed by atoms with Gasteiger partial charge in [-0.1, -0.05) is 55.5 Å². The van der Waals surface area contributed by atoms with Crippen LogP contribution in [0, 0.1) is 0 Å². The number of hydrogen-bond donors (Lipinski definition) is 1. The number of benzene rings is 3. The van der Waals surface area contributed by atoms with Crippen molar-refractivity contribution in [2.75, 3.05) is 20.1 Å². The molecule has 0 saturated carbocycles. The number of rotatable bonds is 7. The number of fused-ring (bicyclic) bond motifs is 1. The van der Waals surface area contributed by atoms with Crippen LogP contribution in [-0.2, 0) is 4.79 Å². The zero-order valence-corrected chi connectivity index (χ0v) is 17.8. The van der Waals surface area contributed by atoms with Crippen molar-refractivity contribution < 1.29 is 9.53 Å². The Morgan fingerprint density at radius 1 is 1.10 bits per heavy atom. The average Bonchev–Trinajstić information content (AvgIpc) is 3.20. The van der Waals surface area contributed by atoms with Crippen molar-refractivity contribution in [3.63, 3.8) is 0 Å². The maximum atomic E-state index is 11.9. The largest absolute Gasteiger partial charge is 0.457 e. The molecule has 1 heterocycles. The predicted octanol–water partition coefficient (Wildman–Crippen LogP) is 5.34. The third-order valence-electron chi connectivity index (χ3n) is 6.17. The molecule has 1 amide bonds. The van der Waals surface area contributed by atoms with Crippen LogP contribution in [0.1, 0.15) is 37.7 Å². The first-order chi connectivity index (χ1) is 14.7. The summed E-state index contributed by atoms with van der Waals surface area (Å²) in [5.74, 6) is 2.07. The summed E-state index contributed by atoms with van der Waals surface area (Å²) in [6, 6.07) is 23.2. The lowest BCUT2D eigenvalue weighted by Crippen LogP contribution is -2.38. The molecule has 30 heavy (non-hydrogen) atoms. The van der Waals surface area contributed by atoms with E-state index in [1.54, 1.807) is 0 Å². The zero-order valence-electron chi connectivity index (χ0n) is 17.8. The molecule has 4 heteroatoms. The van der Waals surface area contributed by atoms with E-state index >= 15 is 0 Å².